The molecule has 244 valence electrons. The van der Waals surface area contributed by atoms with E-state index in [-0.39, 0.29) is 48.7 Å². The number of methoxy groups -OCH3 is 1. The van der Waals surface area contributed by atoms with Crippen LogP contribution in [0.4, 0.5) is 23.2 Å². The molecule has 0 amide bonds. The van der Waals surface area contributed by atoms with Crippen LogP contribution >= 0.6 is 0 Å². The fraction of sp³-hybridized carbons (Fsp3) is 0.344. The second kappa shape index (κ2) is 13.0. The number of halogens is 4. The molecule has 0 radical (unpaired) electrons. The topological polar surface area (TPSA) is 127 Å². The lowest BCUT2D eigenvalue weighted by Crippen LogP contribution is -2.53. The van der Waals surface area contributed by atoms with E-state index in [0.717, 1.165) is 18.3 Å². The lowest BCUT2D eigenvalue weighted by molar-refractivity contribution is -0.384. The second-order valence-corrected chi connectivity index (χ2v) is 11.3. The first-order valence-corrected chi connectivity index (χ1v) is 14.4. The zero-order valence-electron chi connectivity index (χ0n) is 24.7. The summed E-state index contributed by atoms with van der Waals surface area (Å²) in [4.78, 5) is 23.4. The number of nitrogens with zero attached hydrogens (tertiary/aromatic N) is 3. The average Bonchev–Trinajstić information content (AvgIpc) is 3.37. The molecule has 1 saturated heterocycles. The first kappa shape index (κ1) is 32.7. The van der Waals surface area contributed by atoms with Gasteiger partial charge >= 0.3 is 12.1 Å². The highest BCUT2D eigenvalue weighted by Gasteiger charge is 2.57. The van der Waals surface area contributed by atoms with E-state index >= 15 is 0 Å². The number of hydrogen-bond acceptors (Lipinski definition) is 7. The van der Waals surface area contributed by atoms with E-state index < -0.39 is 40.6 Å². The minimum Gasteiger partial charge on any atom is -0.493 e. The molecule has 1 unspecified atom stereocenters. The number of alkyl halides is 3. The molecule has 14 heteroatoms. The Hall–Kier alpha value is -4.69. The van der Waals surface area contributed by atoms with Crippen LogP contribution in [0.5, 0.6) is 11.5 Å². The van der Waals surface area contributed by atoms with Crippen molar-refractivity contribution in [2.75, 3.05) is 26.7 Å². The quantitative estimate of drug-likeness (QED) is 0.122. The number of carboxylic acid groups (broad SMARTS) is 1. The predicted octanol–water partition coefficient (Wildman–Crippen LogP) is 5.67. The highest BCUT2D eigenvalue weighted by Crippen LogP contribution is 2.44. The maximum Gasteiger partial charge on any atom is 0.422 e. The molecule has 0 bridgehead atoms. The SMILES string of the molecule is COc1cc(CC(=O)O)ccc1OC1CCN(CC(O)(c2cn(Cc3ccc(F)cc3)c3cc([N+](=O)[O-])ccc23)C(F)(F)F)CC1. The van der Waals surface area contributed by atoms with Gasteiger partial charge in [-0.3, -0.25) is 19.8 Å². The molecule has 0 aliphatic carbocycles. The molecule has 4 aromatic rings. The Balaban J connectivity index is 1.38. The summed E-state index contributed by atoms with van der Waals surface area (Å²) in [6.45, 7) is -0.469. The number of carboxylic acids is 1. The maximum atomic E-state index is 14.8. The Morgan fingerprint density at radius 1 is 1.02 bits per heavy atom. The number of fused-ring (bicyclic) bond motifs is 1. The molecule has 3 aromatic carbocycles. The number of hydrogen-bond donors (Lipinski definition) is 2. The van der Waals surface area contributed by atoms with Crippen molar-refractivity contribution in [2.24, 2.45) is 0 Å². The van der Waals surface area contributed by atoms with E-state index in [0.29, 0.717) is 35.5 Å². The summed E-state index contributed by atoms with van der Waals surface area (Å²) >= 11 is 0. The first-order chi connectivity index (χ1) is 21.8. The van der Waals surface area contributed by atoms with Gasteiger partial charge in [-0.2, -0.15) is 13.2 Å². The standard InChI is InChI=1S/C32H31F4N3O7/c1-45-29-14-21(15-30(40)41)4-9-28(29)46-24-10-12-37(13-11-24)19-31(42,32(34,35)36)26-18-38(17-20-2-5-22(33)6-3-20)27-16-23(39(43)44)7-8-25(26)27/h2-9,14,16,18,24,42H,10-13,15,17,19H2,1H3,(H,40,41). The van der Waals surface area contributed by atoms with Gasteiger partial charge in [0.1, 0.15) is 11.9 Å². The minimum absolute atomic E-state index is 0.00389. The van der Waals surface area contributed by atoms with Crippen LogP contribution in [0, 0.1) is 15.9 Å². The van der Waals surface area contributed by atoms with Crippen molar-refractivity contribution in [2.45, 2.75) is 43.7 Å². The molecule has 1 aromatic heterocycles. The lowest BCUT2D eigenvalue weighted by atomic mass is 9.91. The van der Waals surface area contributed by atoms with Gasteiger partial charge in [0, 0.05) is 55.5 Å². The normalized spacial score (nSPS) is 15.9. The molecule has 1 aliphatic heterocycles. The van der Waals surface area contributed by atoms with Crippen molar-refractivity contribution >= 4 is 22.6 Å². The van der Waals surface area contributed by atoms with Crippen LogP contribution in [0.2, 0.25) is 0 Å². The summed E-state index contributed by atoms with van der Waals surface area (Å²) in [5, 5.41) is 32.0. The Bertz CT molecular complexity index is 1730. The zero-order chi connectivity index (χ0) is 33.2. The van der Waals surface area contributed by atoms with Crippen molar-refractivity contribution in [1.82, 2.24) is 9.47 Å². The molecule has 2 N–H and O–H groups in total. The third-order valence-electron chi connectivity index (χ3n) is 8.12. The number of ether oxygens (including phenoxy) is 2. The van der Waals surface area contributed by atoms with Crippen LogP contribution in [0.15, 0.2) is 66.9 Å². The molecule has 0 saturated carbocycles. The molecule has 2 heterocycles. The van der Waals surface area contributed by atoms with E-state index in [9.17, 15) is 37.6 Å². The minimum atomic E-state index is -5.11. The zero-order valence-corrected chi connectivity index (χ0v) is 24.7. The van der Waals surface area contributed by atoms with Crippen molar-refractivity contribution in [3.05, 3.63) is 99.5 Å². The molecule has 46 heavy (non-hydrogen) atoms. The Kier molecular flexibility index (Phi) is 9.22. The van der Waals surface area contributed by atoms with Crippen LogP contribution in [-0.4, -0.2) is 69.6 Å². The van der Waals surface area contributed by atoms with Gasteiger partial charge < -0.3 is 24.3 Å². The van der Waals surface area contributed by atoms with Crippen LogP contribution in [0.3, 0.4) is 0 Å². The Morgan fingerprint density at radius 2 is 1.70 bits per heavy atom. The van der Waals surface area contributed by atoms with Gasteiger partial charge in [-0.25, -0.2) is 4.39 Å². The van der Waals surface area contributed by atoms with Crippen molar-refractivity contribution in [3.8, 4) is 11.5 Å². The van der Waals surface area contributed by atoms with E-state index in [4.69, 9.17) is 14.6 Å². The fourth-order valence-corrected chi connectivity index (χ4v) is 5.75. The average molecular weight is 646 g/mol. The maximum absolute atomic E-state index is 14.8. The summed E-state index contributed by atoms with van der Waals surface area (Å²) in [7, 11) is 1.42. The van der Waals surface area contributed by atoms with Gasteiger partial charge in [-0.05, 0) is 54.3 Å². The van der Waals surface area contributed by atoms with E-state index in [1.165, 1.54) is 46.9 Å². The summed E-state index contributed by atoms with van der Waals surface area (Å²) in [6, 6.07) is 13.5. The molecule has 10 nitrogen and oxygen atoms in total. The molecule has 1 fully saturated rings. The van der Waals surface area contributed by atoms with Gasteiger partial charge in [0.2, 0.25) is 5.60 Å². The largest absolute Gasteiger partial charge is 0.493 e. The number of benzene rings is 3. The Morgan fingerprint density at radius 3 is 2.30 bits per heavy atom. The number of nitro groups is 1. The van der Waals surface area contributed by atoms with Crippen LogP contribution in [-0.2, 0) is 23.4 Å². The summed E-state index contributed by atoms with van der Waals surface area (Å²) in [5.41, 5.74) is -2.92. The lowest BCUT2D eigenvalue weighted by Gasteiger charge is -2.39. The smallest absolute Gasteiger partial charge is 0.422 e. The first-order valence-electron chi connectivity index (χ1n) is 14.4. The molecule has 0 spiro atoms. The predicted molar refractivity (Wildman–Crippen MR) is 158 cm³/mol. The third kappa shape index (κ3) is 6.92. The number of β-amino-alcohol motifs (C(OH)–C–C–N with tert-alkyl or cyclic N) is 1. The second-order valence-electron chi connectivity index (χ2n) is 11.3. The number of non-ortho nitro benzene ring substituents is 1. The van der Waals surface area contributed by atoms with Gasteiger partial charge in [0.15, 0.2) is 11.5 Å². The van der Waals surface area contributed by atoms with Crippen molar-refractivity contribution in [1.29, 1.82) is 0 Å². The highest BCUT2D eigenvalue weighted by molar-refractivity contribution is 5.87. The number of carbonyl (C=O) groups is 1. The van der Waals surface area contributed by atoms with Crippen LogP contribution in [0.25, 0.3) is 10.9 Å². The molecular weight excluding hydrogens is 614 g/mol. The number of aliphatic carboxylic acids is 1. The molecule has 1 atom stereocenters. The Labute approximate surface area is 260 Å². The van der Waals surface area contributed by atoms with Gasteiger partial charge in [0.25, 0.3) is 5.69 Å². The monoisotopic (exact) mass is 645 g/mol. The van der Waals surface area contributed by atoms with E-state index in [2.05, 4.69) is 0 Å². The molecule has 1 aliphatic rings. The van der Waals surface area contributed by atoms with E-state index in [1.807, 2.05) is 0 Å². The van der Waals surface area contributed by atoms with Crippen LogP contribution < -0.4 is 9.47 Å². The van der Waals surface area contributed by atoms with Crippen LogP contribution in [0.1, 0.15) is 29.5 Å². The third-order valence-corrected chi connectivity index (χ3v) is 8.12. The number of piperidine rings is 1. The highest BCUT2D eigenvalue weighted by atomic mass is 19.4. The van der Waals surface area contributed by atoms with Gasteiger partial charge in [-0.15, -0.1) is 0 Å². The van der Waals surface area contributed by atoms with Gasteiger partial charge in [0.05, 0.1) is 24.0 Å². The summed E-state index contributed by atoms with van der Waals surface area (Å²) in [5.74, 6) is -0.777. The number of aromatic nitrogens is 1. The summed E-state index contributed by atoms with van der Waals surface area (Å²) < 4.78 is 70.7. The molecular formula is C32H31F4N3O7. The molecule has 5 rings (SSSR count). The number of likely N-dealkylation sites (tertiary alicyclic amines) is 1. The number of rotatable bonds is 11. The number of nitro benzene ring substituents is 1. The van der Waals surface area contributed by atoms with Crippen molar-refractivity contribution in [3.63, 3.8) is 0 Å². The van der Waals surface area contributed by atoms with E-state index in [1.54, 1.807) is 18.2 Å². The summed E-state index contributed by atoms with van der Waals surface area (Å²) in [6.07, 6.45) is -3.84. The fourth-order valence-electron chi connectivity index (χ4n) is 5.75. The van der Waals surface area contributed by atoms with Crippen molar-refractivity contribution < 1.29 is 47.0 Å². The van der Waals surface area contributed by atoms with Gasteiger partial charge in [-0.1, -0.05) is 18.2 Å². The number of aliphatic hydroxyl groups is 1.